The van der Waals surface area contributed by atoms with Crippen molar-refractivity contribution in [1.29, 1.82) is 0 Å². The molecule has 1 atom stereocenters. The zero-order valence-corrected chi connectivity index (χ0v) is 10.8. The number of hydrogen-bond donors (Lipinski definition) is 2. The van der Waals surface area contributed by atoms with E-state index < -0.39 is 11.9 Å². The van der Waals surface area contributed by atoms with Crippen molar-refractivity contribution in [2.24, 2.45) is 11.8 Å². The molecule has 98 valence electrons. The monoisotopic (exact) mass is 247 g/mol. The van der Waals surface area contributed by atoms with Gasteiger partial charge in [0.15, 0.2) is 0 Å². The molecule has 1 saturated carbocycles. The normalized spacial score (nSPS) is 25.6. The van der Waals surface area contributed by atoms with E-state index in [1.807, 2.05) is 18.2 Å². The van der Waals surface area contributed by atoms with Crippen molar-refractivity contribution in [2.45, 2.75) is 38.5 Å². The van der Waals surface area contributed by atoms with Crippen molar-refractivity contribution < 1.29 is 9.90 Å². The molecule has 0 bridgehead atoms. The highest BCUT2D eigenvalue weighted by atomic mass is 16.4. The highest BCUT2D eigenvalue weighted by Gasteiger charge is 2.33. The minimum Gasteiger partial charge on any atom is -0.481 e. The van der Waals surface area contributed by atoms with Gasteiger partial charge in [-0.25, -0.2) is 0 Å². The van der Waals surface area contributed by atoms with E-state index in [1.54, 1.807) is 6.07 Å². The number of carboxylic acids is 1. The maximum Gasteiger partial charge on any atom is 0.311 e. The van der Waals surface area contributed by atoms with Crippen molar-refractivity contribution in [1.82, 2.24) is 0 Å². The average Bonchev–Trinajstić information content (AvgIpc) is 2.34. The first-order valence-corrected chi connectivity index (χ1v) is 6.66. The average molecular weight is 247 g/mol. The van der Waals surface area contributed by atoms with Crippen LogP contribution in [0.5, 0.6) is 0 Å². The van der Waals surface area contributed by atoms with E-state index in [1.165, 1.54) is 0 Å². The van der Waals surface area contributed by atoms with E-state index >= 15 is 0 Å². The molecule has 3 N–H and O–H groups in total. The fourth-order valence-corrected chi connectivity index (χ4v) is 3.00. The minimum atomic E-state index is -0.743. The summed E-state index contributed by atoms with van der Waals surface area (Å²) in [7, 11) is 0. The molecule has 1 fully saturated rings. The van der Waals surface area contributed by atoms with Crippen LogP contribution in [0.15, 0.2) is 24.3 Å². The van der Waals surface area contributed by atoms with Gasteiger partial charge in [0.05, 0.1) is 5.92 Å². The van der Waals surface area contributed by atoms with Crippen LogP contribution in [0, 0.1) is 11.8 Å². The molecule has 0 aromatic heterocycles. The smallest absolute Gasteiger partial charge is 0.311 e. The second-order valence-corrected chi connectivity index (χ2v) is 5.46. The fourth-order valence-electron chi connectivity index (χ4n) is 3.00. The number of para-hydroxylation sites is 1. The van der Waals surface area contributed by atoms with Gasteiger partial charge >= 0.3 is 5.97 Å². The van der Waals surface area contributed by atoms with E-state index in [4.69, 9.17) is 5.73 Å². The Hall–Kier alpha value is -1.51. The third-order valence-electron chi connectivity index (χ3n) is 4.13. The number of hydrogen-bond acceptors (Lipinski definition) is 2. The van der Waals surface area contributed by atoms with Crippen LogP contribution in [0.1, 0.15) is 44.1 Å². The van der Waals surface area contributed by atoms with Crippen molar-refractivity contribution in [3.05, 3.63) is 29.8 Å². The summed E-state index contributed by atoms with van der Waals surface area (Å²) < 4.78 is 0. The Balaban J connectivity index is 2.24. The second kappa shape index (κ2) is 5.42. The Kier molecular flexibility index (Phi) is 3.90. The van der Waals surface area contributed by atoms with Crippen molar-refractivity contribution >= 4 is 11.7 Å². The zero-order valence-electron chi connectivity index (χ0n) is 10.8. The van der Waals surface area contributed by atoms with Crippen LogP contribution < -0.4 is 5.73 Å². The lowest BCUT2D eigenvalue weighted by Crippen LogP contribution is -2.26. The fraction of sp³-hybridized carbons (Fsp3) is 0.533. The van der Waals surface area contributed by atoms with Gasteiger partial charge in [-0.05, 0) is 36.3 Å². The quantitative estimate of drug-likeness (QED) is 0.806. The van der Waals surface area contributed by atoms with Crippen molar-refractivity contribution in [2.75, 3.05) is 5.73 Å². The number of carboxylic acid groups (broad SMARTS) is 1. The summed E-state index contributed by atoms with van der Waals surface area (Å²) in [6.07, 6.45) is 4.24. The number of carbonyl (C=O) groups is 1. The third kappa shape index (κ3) is 2.66. The molecule has 0 spiro atoms. The Morgan fingerprint density at radius 1 is 1.28 bits per heavy atom. The molecule has 0 heterocycles. The Morgan fingerprint density at radius 2 is 1.89 bits per heavy atom. The van der Waals surface area contributed by atoms with E-state index in [0.29, 0.717) is 5.69 Å². The van der Waals surface area contributed by atoms with Gasteiger partial charge in [-0.2, -0.15) is 0 Å². The Labute approximate surface area is 108 Å². The number of benzene rings is 1. The Bertz CT molecular complexity index is 422. The molecule has 18 heavy (non-hydrogen) atoms. The largest absolute Gasteiger partial charge is 0.481 e. The van der Waals surface area contributed by atoms with E-state index in [-0.39, 0.29) is 5.92 Å². The van der Waals surface area contributed by atoms with Gasteiger partial charge in [-0.3, -0.25) is 4.79 Å². The van der Waals surface area contributed by atoms with E-state index in [0.717, 1.165) is 37.2 Å². The predicted octanol–water partition coefficient (Wildman–Crippen LogP) is 3.26. The second-order valence-electron chi connectivity index (χ2n) is 5.46. The summed E-state index contributed by atoms with van der Waals surface area (Å²) in [5.74, 6) is -0.238. The Morgan fingerprint density at radius 3 is 2.44 bits per heavy atom. The molecule has 1 aliphatic carbocycles. The van der Waals surface area contributed by atoms with Gasteiger partial charge in [0.1, 0.15) is 0 Å². The first-order valence-electron chi connectivity index (χ1n) is 6.66. The van der Waals surface area contributed by atoms with Crippen LogP contribution in [0.25, 0.3) is 0 Å². The number of anilines is 1. The lowest BCUT2D eigenvalue weighted by Gasteiger charge is -2.31. The molecule has 2 rings (SSSR count). The van der Waals surface area contributed by atoms with Gasteiger partial charge in [-0.15, -0.1) is 0 Å². The summed E-state index contributed by atoms with van der Waals surface area (Å²) in [5, 5.41) is 9.51. The standard InChI is InChI=1S/C15H21NO2/c1-10-6-8-11(9-7-10)14(15(17)18)12-4-2-3-5-13(12)16/h2-5,10-11,14H,6-9,16H2,1H3,(H,17,18). The van der Waals surface area contributed by atoms with Gasteiger partial charge in [-0.1, -0.05) is 38.0 Å². The third-order valence-corrected chi connectivity index (χ3v) is 4.13. The number of nitrogen functional groups attached to an aromatic ring is 1. The van der Waals surface area contributed by atoms with Crippen LogP contribution in [0.3, 0.4) is 0 Å². The van der Waals surface area contributed by atoms with Crippen LogP contribution in [0.2, 0.25) is 0 Å². The molecule has 3 heteroatoms. The van der Waals surface area contributed by atoms with E-state index in [2.05, 4.69) is 6.92 Å². The molecular formula is C15H21NO2. The summed E-state index contributed by atoms with van der Waals surface area (Å²) in [4.78, 5) is 11.6. The topological polar surface area (TPSA) is 63.3 Å². The van der Waals surface area contributed by atoms with Gasteiger partial charge < -0.3 is 10.8 Å². The summed E-state index contributed by atoms with van der Waals surface area (Å²) in [6.45, 7) is 2.24. The zero-order chi connectivity index (χ0) is 13.1. The molecule has 1 aromatic carbocycles. The van der Waals surface area contributed by atoms with Crippen LogP contribution in [0.4, 0.5) is 5.69 Å². The molecule has 0 radical (unpaired) electrons. The van der Waals surface area contributed by atoms with Crippen molar-refractivity contribution in [3.63, 3.8) is 0 Å². The van der Waals surface area contributed by atoms with E-state index in [9.17, 15) is 9.90 Å². The molecule has 1 aliphatic rings. The molecule has 0 saturated heterocycles. The molecule has 1 unspecified atom stereocenters. The summed E-state index contributed by atoms with van der Waals surface area (Å²) in [6, 6.07) is 7.36. The number of rotatable bonds is 3. The SMILES string of the molecule is CC1CCC(C(C(=O)O)c2ccccc2N)CC1. The summed E-state index contributed by atoms with van der Waals surface area (Å²) in [5.41, 5.74) is 7.31. The minimum absolute atomic E-state index is 0.225. The highest BCUT2D eigenvalue weighted by Crippen LogP contribution is 2.39. The first-order chi connectivity index (χ1) is 8.59. The molecule has 3 nitrogen and oxygen atoms in total. The van der Waals surface area contributed by atoms with Gasteiger partial charge in [0.2, 0.25) is 0 Å². The maximum absolute atomic E-state index is 11.6. The number of aliphatic carboxylic acids is 1. The van der Waals surface area contributed by atoms with Gasteiger partial charge in [0, 0.05) is 5.69 Å². The van der Waals surface area contributed by atoms with Crippen molar-refractivity contribution in [3.8, 4) is 0 Å². The van der Waals surface area contributed by atoms with Crippen LogP contribution in [-0.2, 0) is 4.79 Å². The van der Waals surface area contributed by atoms with Crippen LogP contribution >= 0.6 is 0 Å². The van der Waals surface area contributed by atoms with Gasteiger partial charge in [0.25, 0.3) is 0 Å². The maximum atomic E-state index is 11.6. The lowest BCUT2D eigenvalue weighted by atomic mass is 9.73. The number of nitrogens with two attached hydrogens (primary N) is 1. The lowest BCUT2D eigenvalue weighted by molar-refractivity contribution is -0.140. The molecular weight excluding hydrogens is 226 g/mol. The molecule has 1 aromatic rings. The highest BCUT2D eigenvalue weighted by molar-refractivity contribution is 5.79. The first kappa shape index (κ1) is 12.9. The summed E-state index contributed by atoms with van der Waals surface area (Å²) >= 11 is 0. The van der Waals surface area contributed by atoms with Crippen LogP contribution in [-0.4, -0.2) is 11.1 Å². The molecule has 0 amide bonds. The predicted molar refractivity (Wildman–Crippen MR) is 72.4 cm³/mol. The molecule has 0 aliphatic heterocycles.